The van der Waals surface area contributed by atoms with Gasteiger partial charge in [-0.1, -0.05) is 0 Å². The molecular weight excluding hydrogens is 256 g/mol. The number of rotatable bonds is 5. The summed E-state index contributed by atoms with van der Waals surface area (Å²) in [7, 11) is 0. The smallest absolute Gasteiger partial charge is 0.270 e. The van der Waals surface area contributed by atoms with Gasteiger partial charge in [-0.15, -0.1) is 0 Å². The van der Waals surface area contributed by atoms with Crippen LogP contribution in [-0.2, 0) is 11.3 Å². The summed E-state index contributed by atoms with van der Waals surface area (Å²) < 4.78 is 11.0. The van der Waals surface area contributed by atoms with Crippen LogP contribution in [0.2, 0.25) is 0 Å². The number of furan rings is 1. The highest BCUT2D eigenvalue weighted by molar-refractivity contribution is 5.92. The lowest BCUT2D eigenvalue weighted by Gasteiger charge is -2.24. The molecule has 1 amide bonds. The second kappa shape index (κ2) is 5.96. The van der Waals surface area contributed by atoms with Crippen molar-refractivity contribution in [2.45, 2.75) is 25.5 Å². The van der Waals surface area contributed by atoms with Gasteiger partial charge in [-0.3, -0.25) is 4.79 Å². The fourth-order valence-corrected chi connectivity index (χ4v) is 2.48. The molecule has 1 N–H and O–H groups in total. The Kier molecular flexibility index (Phi) is 3.87. The van der Waals surface area contributed by atoms with Gasteiger partial charge in [-0.05, 0) is 37.1 Å². The van der Waals surface area contributed by atoms with Crippen LogP contribution in [0.5, 0.6) is 0 Å². The van der Waals surface area contributed by atoms with Gasteiger partial charge in [0.2, 0.25) is 0 Å². The highest BCUT2D eigenvalue weighted by Crippen LogP contribution is 2.17. The first-order valence-corrected chi connectivity index (χ1v) is 6.89. The first kappa shape index (κ1) is 13.0. The van der Waals surface area contributed by atoms with E-state index in [1.54, 1.807) is 23.4 Å². The molecule has 1 fully saturated rings. The number of H-pyrrole nitrogens is 1. The Morgan fingerprint density at radius 2 is 2.35 bits per heavy atom. The van der Waals surface area contributed by atoms with Crippen LogP contribution in [0.25, 0.3) is 0 Å². The summed E-state index contributed by atoms with van der Waals surface area (Å²) in [5, 5.41) is 0. The van der Waals surface area contributed by atoms with Gasteiger partial charge in [0.15, 0.2) is 0 Å². The molecule has 1 unspecified atom stereocenters. The van der Waals surface area contributed by atoms with E-state index in [-0.39, 0.29) is 12.0 Å². The van der Waals surface area contributed by atoms with Crippen molar-refractivity contribution in [2.24, 2.45) is 0 Å². The van der Waals surface area contributed by atoms with Gasteiger partial charge in [0.25, 0.3) is 5.91 Å². The van der Waals surface area contributed by atoms with Crippen molar-refractivity contribution in [3.05, 3.63) is 48.2 Å². The summed E-state index contributed by atoms with van der Waals surface area (Å²) in [6.07, 6.45) is 5.58. The summed E-state index contributed by atoms with van der Waals surface area (Å²) in [4.78, 5) is 17.3. The number of aromatic nitrogens is 1. The molecule has 1 aliphatic rings. The largest absolute Gasteiger partial charge is 0.467 e. The number of nitrogens with zero attached hydrogens (tertiary/aromatic N) is 1. The van der Waals surface area contributed by atoms with E-state index in [1.807, 2.05) is 18.2 Å². The zero-order valence-electron chi connectivity index (χ0n) is 11.2. The van der Waals surface area contributed by atoms with Crippen LogP contribution < -0.4 is 0 Å². The van der Waals surface area contributed by atoms with Gasteiger partial charge < -0.3 is 19.0 Å². The summed E-state index contributed by atoms with van der Waals surface area (Å²) >= 11 is 0. The number of amides is 1. The molecule has 3 rings (SSSR count). The first-order chi connectivity index (χ1) is 9.83. The third kappa shape index (κ3) is 2.93. The number of aromatic amines is 1. The second-order valence-corrected chi connectivity index (χ2v) is 4.98. The third-order valence-corrected chi connectivity index (χ3v) is 3.49. The van der Waals surface area contributed by atoms with E-state index < -0.39 is 0 Å². The quantitative estimate of drug-likeness (QED) is 0.911. The fraction of sp³-hybridized carbons (Fsp3) is 0.400. The molecule has 20 heavy (non-hydrogen) atoms. The van der Waals surface area contributed by atoms with Gasteiger partial charge >= 0.3 is 0 Å². The number of nitrogens with one attached hydrogen (secondary N) is 1. The summed E-state index contributed by atoms with van der Waals surface area (Å²) in [6.45, 7) is 1.85. The summed E-state index contributed by atoms with van der Waals surface area (Å²) in [6, 6.07) is 7.32. The molecule has 3 heterocycles. The van der Waals surface area contributed by atoms with E-state index in [0.717, 1.165) is 25.2 Å². The highest BCUT2D eigenvalue weighted by Gasteiger charge is 2.24. The Labute approximate surface area is 117 Å². The fourth-order valence-electron chi connectivity index (χ4n) is 2.48. The van der Waals surface area contributed by atoms with Gasteiger partial charge in [0.1, 0.15) is 11.5 Å². The Hall–Kier alpha value is -2.01. The zero-order chi connectivity index (χ0) is 13.8. The van der Waals surface area contributed by atoms with Crippen LogP contribution in [0.1, 0.15) is 29.1 Å². The van der Waals surface area contributed by atoms with Crippen molar-refractivity contribution in [1.82, 2.24) is 9.88 Å². The SMILES string of the molecule is O=C(c1ccc[nH]1)N(Cc1ccco1)CC1CCCO1. The first-order valence-electron chi connectivity index (χ1n) is 6.89. The average molecular weight is 274 g/mol. The van der Waals surface area contributed by atoms with Crippen molar-refractivity contribution in [3.63, 3.8) is 0 Å². The Morgan fingerprint density at radius 3 is 3.00 bits per heavy atom. The molecule has 1 aliphatic heterocycles. The Morgan fingerprint density at radius 1 is 1.40 bits per heavy atom. The molecule has 1 atom stereocenters. The van der Waals surface area contributed by atoms with E-state index in [9.17, 15) is 4.79 Å². The molecule has 0 aliphatic carbocycles. The molecule has 0 bridgehead atoms. The maximum absolute atomic E-state index is 12.5. The van der Waals surface area contributed by atoms with Crippen LogP contribution in [0.4, 0.5) is 0 Å². The van der Waals surface area contributed by atoms with Crippen molar-refractivity contribution in [2.75, 3.05) is 13.2 Å². The molecule has 2 aromatic heterocycles. The third-order valence-electron chi connectivity index (χ3n) is 3.49. The lowest BCUT2D eigenvalue weighted by Crippen LogP contribution is -2.37. The number of carbonyl (C=O) groups is 1. The predicted octanol–water partition coefficient (Wildman–Crippen LogP) is 2.43. The normalized spacial score (nSPS) is 18.3. The van der Waals surface area contributed by atoms with Crippen LogP contribution in [0, 0.1) is 0 Å². The molecule has 1 saturated heterocycles. The maximum Gasteiger partial charge on any atom is 0.270 e. The molecule has 0 radical (unpaired) electrons. The molecule has 2 aromatic rings. The number of carbonyl (C=O) groups excluding carboxylic acids is 1. The summed E-state index contributed by atoms with van der Waals surface area (Å²) in [5.74, 6) is 0.754. The van der Waals surface area contributed by atoms with Crippen LogP contribution in [0.15, 0.2) is 41.1 Å². The molecule has 0 spiro atoms. The van der Waals surface area contributed by atoms with E-state index in [0.29, 0.717) is 18.8 Å². The minimum Gasteiger partial charge on any atom is -0.467 e. The van der Waals surface area contributed by atoms with E-state index in [4.69, 9.17) is 9.15 Å². The molecule has 5 nitrogen and oxygen atoms in total. The monoisotopic (exact) mass is 274 g/mol. The second-order valence-electron chi connectivity index (χ2n) is 4.98. The van der Waals surface area contributed by atoms with Gasteiger partial charge in [0, 0.05) is 19.3 Å². The number of hydrogen-bond donors (Lipinski definition) is 1. The van der Waals surface area contributed by atoms with Gasteiger partial charge in [-0.25, -0.2) is 0 Å². The van der Waals surface area contributed by atoms with Crippen molar-refractivity contribution < 1.29 is 13.9 Å². The molecule has 0 aromatic carbocycles. The lowest BCUT2D eigenvalue weighted by atomic mass is 10.2. The minimum atomic E-state index is -0.0260. The predicted molar refractivity (Wildman–Crippen MR) is 73.2 cm³/mol. The molecule has 5 heteroatoms. The van der Waals surface area contributed by atoms with Crippen molar-refractivity contribution in [1.29, 1.82) is 0 Å². The maximum atomic E-state index is 12.5. The molecule has 106 valence electrons. The van der Waals surface area contributed by atoms with Crippen LogP contribution >= 0.6 is 0 Å². The zero-order valence-corrected chi connectivity index (χ0v) is 11.2. The van der Waals surface area contributed by atoms with Crippen LogP contribution in [-0.4, -0.2) is 35.0 Å². The molecular formula is C15H18N2O3. The van der Waals surface area contributed by atoms with Gasteiger partial charge in [-0.2, -0.15) is 0 Å². The standard InChI is InChI=1S/C15H18N2O3/c18-15(14-6-1-7-16-14)17(10-12-4-2-8-19-12)11-13-5-3-9-20-13/h1-2,4,6-8,13,16H,3,5,9-11H2. The average Bonchev–Trinajstić information content (AvgIpc) is 3.20. The molecule has 0 saturated carbocycles. The van der Waals surface area contributed by atoms with Gasteiger partial charge in [0.05, 0.1) is 18.9 Å². The van der Waals surface area contributed by atoms with E-state index in [2.05, 4.69) is 4.98 Å². The lowest BCUT2D eigenvalue weighted by molar-refractivity contribution is 0.0487. The Balaban J connectivity index is 1.73. The topological polar surface area (TPSA) is 58.5 Å². The van der Waals surface area contributed by atoms with E-state index in [1.165, 1.54) is 0 Å². The highest BCUT2D eigenvalue weighted by atomic mass is 16.5. The van der Waals surface area contributed by atoms with Crippen molar-refractivity contribution >= 4 is 5.91 Å². The Bertz CT molecular complexity index is 527. The minimum absolute atomic E-state index is 0.0260. The van der Waals surface area contributed by atoms with E-state index >= 15 is 0 Å². The van der Waals surface area contributed by atoms with Crippen molar-refractivity contribution in [3.8, 4) is 0 Å². The number of hydrogen-bond acceptors (Lipinski definition) is 3. The summed E-state index contributed by atoms with van der Waals surface area (Å²) in [5.41, 5.74) is 0.592. The van der Waals surface area contributed by atoms with Crippen LogP contribution in [0.3, 0.4) is 0 Å². The number of ether oxygens (including phenoxy) is 1.